The van der Waals surface area contributed by atoms with Crippen molar-refractivity contribution in [2.45, 2.75) is 19.1 Å². The van der Waals surface area contributed by atoms with Crippen molar-refractivity contribution in [3.05, 3.63) is 52.2 Å². The molecule has 4 heteroatoms. The fourth-order valence-corrected chi connectivity index (χ4v) is 3.41. The molecular weight excluding hydrogens is 270 g/mol. The highest BCUT2D eigenvalue weighted by Crippen LogP contribution is 2.24. The van der Waals surface area contributed by atoms with Crippen molar-refractivity contribution in [3.8, 4) is 5.75 Å². The topological polar surface area (TPSA) is 32.7 Å². The van der Waals surface area contributed by atoms with E-state index in [2.05, 4.69) is 16.3 Å². The summed E-state index contributed by atoms with van der Waals surface area (Å²) in [5.74, 6) is 0.810. The fraction of sp³-hybridized carbons (Fsp3) is 0.375. The second-order valence-corrected chi connectivity index (χ2v) is 6.13. The zero-order valence-electron chi connectivity index (χ0n) is 11.4. The minimum absolute atomic E-state index is 0.344. The molecule has 0 radical (unpaired) electrons. The van der Waals surface area contributed by atoms with E-state index in [4.69, 9.17) is 4.74 Å². The summed E-state index contributed by atoms with van der Waals surface area (Å²) < 4.78 is 5.59. The van der Waals surface area contributed by atoms with E-state index in [1.54, 1.807) is 0 Å². The lowest BCUT2D eigenvalue weighted by Gasteiger charge is -2.28. The van der Waals surface area contributed by atoms with Crippen LogP contribution < -0.4 is 4.74 Å². The van der Waals surface area contributed by atoms with E-state index >= 15 is 0 Å². The van der Waals surface area contributed by atoms with Crippen molar-refractivity contribution in [2.24, 2.45) is 0 Å². The van der Waals surface area contributed by atoms with Gasteiger partial charge in [0, 0.05) is 24.5 Å². The number of hydrogen-bond donors (Lipinski definition) is 1. The van der Waals surface area contributed by atoms with Gasteiger partial charge < -0.3 is 9.84 Å². The van der Waals surface area contributed by atoms with Crippen LogP contribution in [0.5, 0.6) is 5.75 Å². The Balaban J connectivity index is 1.46. The number of hydrogen-bond acceptors (Lipinski definition) is 4. The Morgan fingerprint density at radius 2 is 2.10 bits per heavy atom. The van der Waals surface area contributed by atoms with Crippen molar-refractivity contribution < 1.29 is 9.84 Å². The van der Waals surface area contributed by atoms with Gasteiger partial charge in [0.05, 0.1) is 0 Å². The van der Waals surface area contributed by atoms with Crippen LogP contribution in [0.2, 0.25) is 0 Å². The number of ether oxygens (including phenoxy) is 1. The van der Waals surface area contributed by atoms with Gasteiger partial charge >= 0.3 is 0 Å². The molecule has 1 aliphatic heterocycles. The molecule has 106 valence electrons. The quantitative estimate of drug-likeness (QED) is 0.918. The van der Waals surface area contributed by atoms with E-state index in [0.29, 0.717) is 13.2 Å². The van der Waals surface area contributed by atoms with E-state index in [9.17, 15) is 5.11 Å². The van der Waals surface area contributed by atoms with Gasteiger partial charge in [0.1, 0.15) is 18.5 Å². The first kappa shape index (κ1) is 13.6. The molecule has 1 aromatic carbocycles. The second kappa shape index (κ2) is 6.39. The molecule has 0 spiro atoms. The normalized spacial score (nSPS) is 16.6. The van der Waals surface area contributed by atoms with Gasteiger partial charge in [-0.25, -0.2) is 0 Å². The predicted octanol–water partition coefficient (Wildman–Crippen LogP) is 2.55. The number of para-hydroxylation sites is 1. The first-order valence-corrected chi connectivity index (χ1v) is 7.83. The van der Waals surface area contributed by atoms with E-state index in [-0.39, 0.29) is 0 Å². The number of fused-ring (bicyclic) bond motifs is 1. The summed E-state index contributed by atoms with van der Waals surface area (Å²) in [5, 5.41) is 12.3. The third-order valence-electron chi connectivity index (χ3n) is 3.54. The zero-order chi connectivity index (χ0) is 13.8. The largest absolute Gasteiger partial charge is 0.491 e. The SMILES string of the molecule is OC(COc1ccccc1)CN1CCc2sccc2C1. The molecule has 2 heterocycles. The number of β-amino-alcohol motifs (C(OH)–C–C–N with tert-alkyl or cyclic N) is 1. The molecule has 1 aliphatic rings. The third-order valence-corrected chi connectivity index (χ3v) is 4.56. The van der Waals surface area contributed by atoms with Gasteiger partial charge in [-0.05, 0) is 35.6 Å². The molecule has 2 aromatic rings. The molecule has 1 atom stereocenters. The van der Waals surface area contributed by atoms with Crippen molar-refractivity contribution in [1.29, 1.82) is 0 Å². The molecule has 0 saturated carbocycles. The van der Waals surface area contributed by atoms with Crippen molar-refractivity contribution >= 4 is 11.3 Å². The minimum Gasteiger partial charge on any atom is -0.491 e. The first-order chi connectivity index (χ1) is 9.81. The standard InChI is InChI=1S/C16H19NO2S/c18-14(12-19-15-4-2-1-3-5-15)11-17-8-6-16-13(10-17)7-9-20-16/h1-5,7,9,14,18H,6,8,10-12H2. The molecule has 1 aromatic heterocycles. The van der Waals surface area contributed by atoms with Crippen LogP contribution in [0.15, 0.2) is 41.8 Å². The summed E-state index contributed by atoms with van der Waals surface area (Å²) in [6.07, 6.45) is 0.648. The lowest BCUT2D eigenvalue weighted by molar-refractivity contribution is 0.0640. The Morgan fingerprint density at radius 3 is 2.95 bits per heavy atom. The van der Waals surface area contributed by atoms with Crippen LogP contribution in [0.25, 0.3) is 0 Å². The van der Waals surface area contributed by atoms with Crippen LogP contribution in [-0.2, 0) is 13.0 Å². The zero-order valence-corrected chi connectivity index (χ0v) is 12.2. The Bertz CT molecular complexity index is 540. The molecule has 20 heavy (non-hydrogen) atoms. The summed E-state index contributed by atoms with van der Waals surface area (Å²) in [6, 6.07) is 11.8. The molecule has 0 aliphatic carbocycles. The van der Waals surface area contributed by atoms with Crippen LogP contribution >= 0.6 is 11.3 Å². The number of benzene rings is 1. The maximum atomic E-state index is 10.1. The van der Waals surface area contributed by atoms with Crippen LogP contribution in [0.1, 0.15) is 10.4 Å². The van der Waals surface area contributed by atoms with E-state index in [0.717, 1.165) is 25.3 Å². The van der Waals surface area contributed by atoms with Crippen molar-refractivity contribution in [3.63, 3.8) is 0 Å². The summed E-state index contributed by atoms with van der Waals surface area (Å²) in [4.78, 5) is 3.80. The molecule has 0 saturated heterocycles. The highest BCUT2D eigenvalue weighted by Gasteiger charge is 2.19. The summed E-state index contributed by atoms with van der Waals surface area (Å²) in [5.41, 5.74) is 1.41. The van der Waals surface area contributed by atoms with Gasteiger partial charge in [-0.2, -0.15) is 0 Å². The number of nitrogens with zero attached hydrogens (tertiary/aromatic N) is 1. The molecule has 1 unspecified atom stereocenters. The predicted molar refractivity (Wildman–Crippen MR) is 81.2 cm³/mol. The minimum atomic E-state index is -0.449. The monoisotopic (exact) mass is 289 g/mol. The lowest BCUT2D eigenvalue weighted by Crippen LogP contribution is -2.38. The van der Waals surface area contributed by atoms with Crippen LogP contribution in [-0.4, -0.2) is 35.8 Å². The van der Waals surface area contributed by atoms with Gasteiger partial charge in [0.15, 0.2) is 0 Å². The average Bonchev–Trinajstić information content (AvgIpc) is 2.94. The van der Waals surface area contributed by atoms with Gasteiger partial charge in [0.25, 0.3) is 0 Å². The number of rotatable bonds is 5. The average molecular weight is 289 g/mol. The summed E-state index contributed by atoms with van der Waals surface area (Å²) in [7, 11) is 0. The fourth-order valence-electron chi connectivity index (χ4n) is 2.52. The van der Waals surface area contributed by atoms with Gasteiger partial charge in [-0.3, -0.25) is 4.90 Å². The molecule has 0 bridgehead atoms. The highest BCUT2D eigenvalue weighted by atomic mass is 32.1. The maximum Gasteiger partial charge on any atom is 0.119 e. The number of aliphatic hydroxyl groups excluding tert-OH is 1. The Kier molecular flexibility index (Phi) is 4.35. The lowest BCUT2D eigenvalue weighted by atomic mass is 10.1. The molecular formula is C16H19NO2S. The smallest absolute Gasteiger partial charge is 0.119 e. The second-order valence-electron chi connectivity index (χ2n) is 5.13. The van der Waals surface area contributed by atoms with Gasteiger partial charge in [-0.15, -0.1) is 11.3 Å². The Morgan fingerprint density at radius 1 is 1.25 bits per heavy atom. The van der Waals surface area contributed by atoms with Crippen LogP contribution in [0.4, 0.5) is 0 Å². The Hall–Kier alpha value is -1.36. The molecule has 3 rings (SSSR count). The van der Waals surface area contributed by atoms with Crippen molar-refractivity contribution in [2.75, 3.05) is 19.7 Å². The van der Waals surface area contributed by atoms with E-state index in [1.165, 1.54) is 10.4 Å². The summed E-state index contributed by atoms with van der Waals surface area (Å²) in [6.45, 7) is 2.98. The summed E-state index contributed by atoms with van der Waals surface area (Å²) >= 11 is 1.84. The maximum absolute atomic E-state index is 10.1. The van der Waals surface area contributed by atoms with E-state index in [1.807, 2.05) is 41.7 Å². The van der Waals surface area contributed by atoms with Crippen molar-refractivity contribution in [1.82, 2.24) is 4.90 Å². The molecule has 1 N–H and O–H groups in total. The number of aliphatic hydroxyl groups is 1. The van der Waals surface area contributed by atoms with Crippen LogP contribution in [0.3, 0.4) is 0 Å². The molecule has 0 fully saturated rings. The first-order valence-electron chi connectivity index (χ1n) is 6.95. The van der Waals surface area contributed by atoms with E-state index < -0.39 is 6.10 Å². The van der Waals surface area contributed by atoms with Gasteiger partial charge in [0.2, 0.25) is 0 Å². The van der Waals surface area contributed by atoms with Crippen LogP contribution in [0, 0.1) is 0 Å². The van der Waals surface area contributed by atoms with Gasteiger partial charge in [-0.1, -0.05) is 18.2 Å². The molecule has 3 nitrogen and oxygen atoms in total. The number of thiophene rings is 1. The molecule has 0 amide bonds. The highest BCUT2D eigenvalue weighted by molar-refractivity contribution is 7.10. The third kappa shape index (κ3) is 3.39. The Labute approximate surface area is 123 Å².